The van der Waals surface area contributed by atoms with Crippen LogP contribution in [-0.4, -0.2) is 11.4 Å². The summed E-state index contributed by atoms with van der Waals surface area (Å²) in [6, 6.07) is 5.34. The molecule has 0 amide bonds. The summed E-state index contributed by atoms with van der Waals surface area (Å²) in [4.78, 5) is 1.06. The first-order valence-corrected chi connectivity index (χ1v) is 6.15. The summed E-state index contributed by atoms with van der Waals surface area (Å²) >= 11 is 2.72. The van der Waals surface area contributed by atoms with Crippen molar-refractivity contribution in [2.45, 2.75) is 11.5 Å². The Morgan fingerprint density at radius 2 is 2.21 bits per heavy atom. The highest BCUT2D eigenvalue weighted by Crippen LogP contribution is 2.31. The largest absolute Gasteiger partial charge is 0.392 e. The van der Waals surface area contributed by atoms with Gasteiger partial charge in [-0.2, -0.15) is 4.39 Å². The quantitative estimate of drug-likeness (QED) is 0.796. The second kappa shape index (κ2) is 3.88. The molecule has 0 bridgehead atoms. The van der Waals surface area contributed by atoms with Crippen molar-refractivity contribution >= 4 is 33.2 Å². The van der Waals surface area contributed by atoms with E-state index in [0.29, 0.717) is 0 Å². The summed E-state index contributed by atoms with van der Waals surface area (Å²) in [5, 5.41) is 9.76. The van der Waals surface area contributed by atoms with Crippen LogP contribution in [0.2, 0.25) is 0 Å². The zero-order chi connectivity index (χ0) is 10.1. The number of aliphatic hydroxyl groups excluding tert-OH is 1. The van der Waals surface area contributed by atoms with Crippen LogP contribution in [0, 0.1) is 5.13 Å². The van der Waals surface area contributed by atoms with Gasteiger partial charge in [-0.3, -0.25) is 0 Å². The van der Waals surface area contributed by atoms with Crippen LogP contribution in [0.5, 0.6) is 0 Å². The first kappa shape index (κ1) is 9.96. The fourth-order valence-electron chi connectivity index (χ4n) is 1.40. The minimum absolute atomic E-state index is 0.0406. The molecule has 0 aliphatic heterocycles. The Kier molecular flexibility index (Phi) is 2.76. The Morgan fingerprint density at radius 1 is 1.43 bits per heavy atom. The maximum atomic E-state index is 13.0. The van der Waals surface area contributed by atoms with E-state index < -0.39 is 0 Å². The molecular formula is C10H9FOS2. The second-order valence-electron chi connectivity index (χ2n) is 2.91. The van der Waals surface area contributed by atoms with E-state index in [0.717, 1.165) is 31.9 Å². The van der Waals surface area contributed by atoms with Gasteiger partial charge in [0, 0.05) is 15.0 Å². The van der Waals surface area contributed by atoms with E-state index in [9.17, 15) is 4.39 Å². The van der Waals surface area contributed by atoms with Gasteiger partial charge in [-0.15, -0.1) is 23.1 Å². The normalized spacial score (nSPS) is 11.1. The maximum Gasteiger partial charge on any atom is 0.177 e. The van der Waals surface area contributed by atoms with Crippen LogP contribution in [0.3, 0.4) is 0 Å². The molecular weight excluding hydrogens is 219 g/mol. The SMILES string of the molecule is CSc1cc(CO)c2cc(F)sc2c1. The molecule has 1 heterocycles. The third-order valence-electron chi connectivity index (χ3n) is 2.07. The van der Waals surface area contributed by atoms with Crippen molar-refractivity contribution < 1.29 is 9.50 Å². The first-order valence-electron chi connectivity index (χ1n) is 4.11. The lowest BCUT2D eigenvalue weighted by molar-refractivity contribution is 0.283. The van der Waals surface area contributed by atoms with Crippen LogP contribution < -0.4 is 0 Å². The molecule has 0 saturated carbocycles. The van der Waals surface area contributed by atoms with E-state index in [1.54, 1.807) is 11.8 Å². The van der Waals surface area contributed by atoms with E-state index >= 15 is 0 Å². The number of halogens is 1. The lowest BCUT2D eigenvalue weighted by Crippen LogP contribution is -1.84. The Hall–Kier alpha value is -0.580. The fraction of sp³-hybridized carbons (Fsp3) is 0.200. The van der Waals surface area contributed by atoms with Crippen molar-refractivity contribution in [3.05, 3.63) is 28.9 Å². The number of fused-ring (bicyclic) bond motifs is 1. The highest BCUT2D eigenvalue weighted by molar-refractivity contribution is 7.98. The van der Waals surface area contributed by atoms with Gasteiger partial charge in [0.1, 0.15) is 0 Å². The van der Waals surface area contributed by atoms with Crippen LogP contribution in [-0.2, 0) is 6.61 Å². The average molecular weight is 228 g/mol. The molecule has 0 unspecified atom stereocenters. The minimum atomic E-state index is -0.201. The van der Waals surface area contributed by atoms with Gasteiger partial charge in [0.05, 0.1) is 6.61 Å². The predicted octanol–water partition coefficient (Wildman–Crippen LogP) is 3.25. The van der Waals surface area contributed by atoms with Crippen molar-refractivity contribution in [2.24, 2.45) is 0 Å². The lowest BCUT2D eigenvalue weighted by Gasteiger charge is -2.02. The molecule has 0 atom stereocenters. The van der Waals surface area contributed by atoms with Gasteiger partial charge in [-0.05, 0) is 30.0 Å². The van der Waals surface area contributed by atoms with Crippen molar-refractivity contribution in [3.63, 3.8) is 0 Å². The number of benzene rings is 1. The van der Waals surface area contributed by atoms with Crippen LogP contribution in [0.25, 0.3) is 10.1 Å². The molecule has 1 aromatic heterocycles. The van der Waals surface area contributed by atoms with Crippen molar-refractivity contribution in [3.8, 4) is 0 Å². The van der Waals surface area contributed by atoms with E-state index in [2.05, 4.69) is 0 Å². The lowest BCUT2D eigenvalue weighted by atomic mass is 10.1. The van der Waals surface area contributed by atoms with Crippen LogP contribution in [0.1, 0.15) is 5.56 Å². The molecule has 4 heteroatoms. The molecule has 0 aliphatic carbocycles. The molecule has 14 heavy (non-hydrogen) atoms. The molecule has 2 aromatic rings. The van der Waals surface area contributed by atoms with E-state index in [-0.39, 0.29) is 11.7 Å². The third-order valence-corrected chi connectivity index (χ3v) is 3.65. The molecule has 0 fully saturated rings. The van der Waals surface area contributed by atoms with Crippen molar-refractivity contribution in [1.82, 2.24) is 0 Å². The number of thiophene rings is 1. The number of hydrogen-bond acceptors (Lipinski definition) is 3. The van der Waals surface area contributed by atoms with Crippen molar-refractivity contribution in [2.75, 3.05) is 6.26 Å². The Labute approximate surface area is 89.6 Å². The second-order valence-corrected chi connectivity index (χ2v) is 4.82. The fourth-order valence-corrected chi connectivity index (χ4v) is 2.84. The van der Waals surface area contributed by atoms with Crippen LogP contribution >= 0.6 is 23.1 Å². The van der Waals surface area contributed by atoms with Gasteiger partial charge in [0.2, 0.25) is 0 Å². The summed E-state index contributed by atoms with van der Waals surface area (Å²) in [6.07, 6.45) is 1.96. The van der Waals surface area contributed by atoms with E-state index in [1.165, 1.54) is 6.07 Å². The number of aliphatic hydroxyl groups is 1. The number of rotatable bonds is 2. The molecule has 74 valence electrons. The summed E-state index contributed by atoms with van der Waals surface area (Å²) in [5.41, 5.74) is 0.798. The van der Waals surface area contributed by atoms with Gasteiger partial charge >= 0.3 is 0 Å². The first-order chi connectivity index (χ1) is 6.74. The smallest absolute Gasteiger partial charge is 0.177 e. The molecule has 1 nitrogen and oxygen atoms in total. The topological polar surface area (TPSA) is 20.2 Å². The zero-order valence-electron chi connectivity index (χ0n) is 7.58. The number of hydrogen-bond donors (Lipinski definition) is 1. The Bertz CT molecular complexity index is 464. The highest BCUT2D eigenvalue weighted by atomic mass is 32.2. The minimum Gasteiger partial charge on any atom is -0.392 e. The molecule has 1 aromatic carbocycles. The van der Waals surface area contributed by atoms with Crippen LogP contribution in [0.15, 0.2) is 23.1 Å². The maximum absolute atomic E-state index is 13.0. The third kappa shape index (κ3) is 1.65. The Balaban J connectivity index is 2.72. The van der Waals surface area contributed by atoms with Crippen molar-refractivity contribution in [1.29, 1.82) is 0 Å². The van der Waals surface area contributed by atoms with Crippen LogP contribution in [0.4, 0.5) is 4.39 Å². The highest BCUT2D eigenvalue weighted by Gasteiger charge is 2.07. The monoisotopic (exact) mass is 228 g/mol. The number of thioether (sulfide) groups is 1. The molecule has 2 rings (SSSR count). The summed E-state index contributed by atoms with van der Waals surface area (Å²) < 4.78 is 13.9. The van der Waals surface area contributed by atoms with Gasteiger partial charge in [-0.25, -0.2) is 0 Å². The van der Waals surface area contributed by atoms with Gasteiger partial charge in [0.25, 0.3) is 0 Å². The standard InChI is InChI=1S/C10H9FOS2/c1-13-7-2-6(5-12)8-4-10(11)14-9(8)3-7/h2-4,12H,5H2,1H3. The summed E-state index contributed by atoms with van der Waals surface area (Å²) in [6.45, 7) is -0.0406. The zero-order valence-corrected chi connectivity index (χ0v) is 9.21. The predicted molar refractivity (Wildman–Crippen MR) is 59.5 cm³/mol. The van der Waals surface area contributed by atoms with Gasteiger partial charge in [-0.1, -0.05) is 0 Å². The van der Waals surface area contributed by atoms with Gasteiger partial charge < -0.3 is 5.11 Å². The molecule has 0 saturated heterocycles. The van der Waals surface area contributed by atoms with E-state index in [1.807, 2.05) is 18.4 Å². The molecule has 1 N–H and O–H groups in total. The van der Waals surface area contributed by atoms with E-state index in [4.69, 9.17) is 5.11 Å². The molecule has 0 spiro atoms. The Morgan fingerprint density at radius 3 is 2.86 bits per heavy atom. The molecule has 0 radical (unpaired) electrons. The molecule has 0 aliphatic rings. The van der Waals surface area contributed by atoms with Gasteiger partial charge in [0.15, 0.2) is 5.13 Å². The average Bonchev–Trinajstić information content (AvgIpc) is 2.56. The summed E-state index contributed by atoms with van der Waals surface area (Å²) in [7, 11) is 0. The summed E-state index contributed by atoms with van der Waals surface area (Å²) in [5.74, 6) is 0.